The molecule has 0 unspecified atom stereocenters. The first kappa shape index (κ1) is 26.2. The fourth-order valence-corrected chi connectivity index (χ4v) is 7.78. The molecule has 9 rings (SSSR count). The van der Waals surface area contributed by atoms with Crippen molar-refractivity contribution in [2.24, 2.45) is 5.41 Å². The molecule has 0 saturated carbocycles. The zero-order valence-corrected chi connectivity index (χ0v) is 26.2. The van der Waals surface area contributed by atoms with Crippen molar-refractivity contribution in [3.63, 3.8) is 0 Å². The zero-order chi connectivity index (χ0) is 30.5. The summed E-state index contributed by atoms with van der Waals surface area (Å²) in [5, 5.41) is 10.2. The summed E-state index contributed by atoms with van der Waals surface area (Å²) in [6.07, 6.45) is 0. The van der Waals surface area contributed by atoms with Gasteiger partial charge >= 0.3 is 0 Å². The summed E-state index contributed by atoms with van der Waals surface area (Å²) in [5.41, 5.74) is 11.3. The second kappa shape index (κ2) is 8.10. The van der Waals surface area contributed by atoms with Crippen LogP contribution < -0.4 is 16.4 Å². The lowest BCUT2D eigenvalue weighted by Crippen LogP contribution is -2.59. The third-order valence-corrected chi connectivity index (χ3v) is 10.4. The summed E-state index contributed by atoms with van der Waals surface area (Å²) < 4.78 is 4.68. The van der Waals surface area contributed by atoms with Crippen LogP contribution in [0.5, 0.6) is 0 Å². The Hall–Kier alpha value is -4.18. The zero-order valence-electron chi connectivity index (χ0n) is 26.2. The fraction of sp³-hybridized carbons (Fsp3) is 0.237. The van der Waals surface area contributed by atoms with Gasteiger partial charge in [0.1, 0.15) is 0 Å². The highest BCUT2D eigenvalue weighted by Gasteiger charge is 2.44. The predicted molar refractivity (Wildman–Crippen MR) is 189 cm³/mol. The van der Waals surface area contributed by atoms with Gasteiger partial charge in [0.05, 0.1) is 38.1 Å². The molecule has 0 aliphatic carbocycles. The van der Waals surface area contributed by atoms with Gasteiger partial charge in [-0.15, -0.1) is 0 Å². The Balaban J connectivity index is 1.55. The maximum atomic E-state index is 7.11. The lowest BCUT2D eigenvalue weighted by molar-refractivity contribution is 0.353. The summed E-state index contributed by atoms with van der Waals surface area (Å²) >= 11 is 0. The van der Waals surface area contributed by atoms with E-state index in [1.165, 1.54) is 54.8 Å². The molecule has 0 N–H and O–H groups in total. The average molecular weight is 563 g/mol. The van der Waals surface area contributed by atoms with Gasteiger partial charge in [-0.3, -0.25) is 0 Å². The van der Waals surface area contributed by atoms with Gasteiger partial charge in [-0.2, -0.15) is 5.10 Å². The highest BCUT2D eigenvalue weighted by molar-refractivity contribution is 7.00. The second-order valence-electron chi connectivity index (χ2n) is 15.0. The predicted octanol–water partition coefficient (Wildman–Crippen LogP) is 6.25. The van der Waals surface area contributed by atoms with Crippen molar-refractivity contribution in [2.75, 3.05) is 0 Å². The first-order chi connectivity index (χ1) is 20.9. The quantitative estimate of drug-likeness (QED) is 0.217. The molecular formula is C38H32B3N3. The van der Waals surface area contributed by atoms with Crippen LogP contribution in [0.25, 0.3) is 54.9 Å². The molecule has 0 amide bonds. The molecule has 2 aromatic heterocycles. The van der Waals surface area contributed by atoms with Gasteiger partial charge in [0.15, 0.2) is 0 Å². The molecule has 0 saturated heterocycles. The molecule has 0 atom stereocenters. The summed E-state index contributed by atoms with van der Waals surface area (Å²) in [7, 11) is 14.2. The summed E-state index contributed by atoms with van der Waals surface area (Å²) in [6, 6.07) is 31.4. The molecular weight excluding hydrogens is 531 g/mol. The van der Waals surface area contributed by atoms with E-state index in [0.29, 0.717) is 0 Å². The van der Waals surface area contributed by atoms with Crippen LogP contribution in [0.3, 0.4) is 0 Å². The van der Waals surface area contributed by atoms with Crippen molar-refractivity contribution in [3.8, 4) is 11.4 Å². The van der Waals surface area contributed by atoms with Crippen molar-refractivity contribution in [1.29, 1.82) is 0 Å². The molecule has 208 valence electrons. The van der Waals surface area contributed by atoms with Gasteiger partial charge in [-0.25, -0.2) is 4.68 Å². The molecule has 3 nitrogen and oxygen atoms in total. The monoisotopic (exact) mass is 563 g/mol. The highest BCUT2D eigenvalue weighted by atomic mass is 15.3. The topological polar surface area (TPSA) is 22.8 Å². The van der Waals surface area contributed by atoms with Crippen molar-refractivity contribution < 1.29 is 0 Å². The number of aromatic nitrogens is 3. The van der Waals surface area contributed by atoms with Crippen molar-refractivity contribution >= 4 is 82.3 Å². The Bertz CT molecular complexity index is 2400. The van der Waals surface area contributed by atoms with Crippen LogP contribution in [0.1, 0.15) is 52.8 Å². The van der Waals surface area contributed by atoms with Gasteiger partial charge < -0.3 is 4.57 Å². The van der Waals surface area contributed by atoms with E-state index in [1.54, 1.807) is 0 Å². The third kappa shape index (κ3) is 3.09. The summed E-state index contributed by atoms with van der Waals surface area (Å²) in [4.78, 5) is 0. The Labute approximate surface area is 261 Å². The van der Waals surface area contributed by atoms with Crippen molar-refractivity contribution in [1.82, 2.24) is 14.3 Å². The third-order valence-electron chi connectivity index (χ3n) is 10.4. The standard InChI is InChI=1S/C38H32B3N3/c1-36(2,3)22-19-29-32-30(20-22)44-34-27(41(32)26-16-11-15-25-24-14-9-10-17-28(24)43(29)33(25)26)18-21-12-7-8-13-23(21)31(34)35(42-44)38(39,40)37(4,5)6/h7-20H,1-6H3. The normalized spacial score (nSPS) is 14.3. The first-order valence-electron chi connectivity index (χ1n) is 15.6. The second-order valence-corrected chi connectivity index (χ2v) is 15.0. The molecule has 7 aromatic rings. The number of benzene rings is 5. The van der Waals surface area contributed by atoms with E-state index in [-0.39, 0.29) is 12.1 Å². The van der Waals surface area contributed by atoms with Crippen LogP contribution in [0.2, 0.25) is 0 Å². The van der Waals surface area contributed by atoms with Crippen LogP contribution in [0, 0.1) is 5.41 Å². The van der Waals surface area contributed by atoms with Crippen LogP contribution in [0.15, 0.2) is 84.9 Å². The fourth-order valence-electron chi connectivity index (χ4n) is 7.78. The Morgan fingerprint density at radius 3 is 2.11 bits per heavy atom. The van der Waals surface area contributed by atoms with E-state index in [1.807, 2.05) is 0 Å². The number of para-hydroxylation sites is 2. The Morgan fingerprint density at radius 2 is 1.36 bits per heavy atom. The molecule has 44 heavy (non-hydrogen) atoms. The van der Waals surface area contributed by atoms with E-state index in [0.717, 1.165) is 27.7 Å². The van der Waals surface area contributed by atoms with Gasteiger partial charge in [-0.1, -0.05) is 113 Å². The van der Waals surface area contributed by atoms with Gasteiger partial charge in [0.25, 0.3) is 6.71 Å². The Morgan fingerprint density at radius 1 is 0.682 bits per heavy atom. The van der Waals surface area contributed by atoms with Gasteiger partial charge in [0, 0.05) is 27.4 Å². The molecule has 2 aliphatic heterocycles. The maximum absolute atomic E-state index is 7.11. The Kier molecular flexibility index (Phi) is 4.83. The minimum Gasteiger partial charge on any atom is -0.310 e. The minimum atomic E-state index is -1.16. The SMILES string of the molecule is [B]C([B])(c1nn2c3c(cc4ccccc4c13)B1c3c-2cc(C(C)(C)C)cc3-n2c3ccccc3c3cccc1c32)C(C)(C)C. The molecule has 2 aliphatic rings. The van der Waals surface area contributed by atoms with Crippen molar-refractivity contribution in [3.05, 3.63) is 96.2 Å². The summed E-state index contributed by atoms with van der Waals surface area (Å²) in [6.45, 7) is 13.2. The lowest BCUT2D eigenvalue weighted by Gasteiger charge is -2.39. The van der Waals surface area contributed by atoms with E-state index < -0.39 is 10.6 Å². The highest BCUT2D eigenvalue weighted by Crippen LogP contribution is 2.44. The van der Waals surface area contributed by atoms with E-state index in [9.17, 15) is 0 Å². The molecule has 5 aromatic carbocycles. The number of nitrogens with zero attached hydrogens (tertiary/aromatic N) is 3. The van der Waals surface area contributed by atoms with E-state index >= 15 is 0 Å². The minimum absolute atomic E-state index is 0.0401. The number of hydrogen-bond acceptors (Lipinski definition) is 1. The van der Waals surface area contributed by atoms with Crippen LogP contribution >= 0.6 is 0 Å². The largest absolute Gasteiger partial charge is 0.310 e. The summed E-state index contributed by atoms with van der Waals surface area (Å²) in [5.74, 6) is 0. The molecule has 0 spiro atoms. The van der Waals surface area contributed by atoms with E-state index in [4.69, 9.17) is 20.8 Å². The number of hydrogen-bond donors (Lipinski definition) is 0. The van der Waals surface area contributed by atoms with Crippen LogP contribution in [0.4, 0.5) is 0 Å². The molecule has 6 heteroatoms. The van der Waals surface area contributed by atoms with Crippen LogP contribution in [-0.4, -0.2) is 36.8 Å². The molecule has 0 bridgehead atoms. The van der Waals surface area contributed by atoms with Gasteiger partial charge in [-0.05, 0) is 61.8 Å². The lowest BCUT2D eigenvalue weighted by atomic mass is 9.34. The molecule has 4 radical (unpaired) electrons. The smallest absolute Gasteiger partial charge is 0.252 e. The van der Waals surface area contributed by atoms with Gasteiger partial charge in [0.2, 0.25) is 0 Å². The first-order valence-corrected chi connectivity index (χ1v) is 15.6. The van der Waals surface area contributed by atoms with Crippen molar-refractivity contribution in [2.45, 2.75) is 52.2 Å². The number of rotatable bonds is 1. The molecule has 4 heterocycles. The van der Waals surface area contributed by atoms with Crippen LogP contribution in [-0.2, 0) is 10.6 Å². The number of fused-ring (bicyclic) bond motifs is 9. The molecule has 0 fully saturated rings. The average Bonchev–Trinajstić information content (AvgIpc) is 3.55. The maximum Gasteiger partial charge on any atom is 0.252 e. The van der Waals surface area contributed by atoms with E-state index in [2.05, 4.69) is 136 Å².